The average molecular weight is 760 g/mol. The zero-order valence-electron chi connectivity index (χ0n) is 28.9. The Balaban J connectivity index is 0.000000407. The third-order valence-corrected chi connectivity index (χ3v) is 8.51. The SMILES string of the molecule is CCOC(=O)[C@@H](N)CC1CC=C(c2cc(O[C@H](c3ccc(Cl)cc3C3=CCCOC3)C(F)(F)F)nc(N)n2)CC1.O=C(O)CNC(=O)c1ccccc1. The van der Waals surface area contributed by atoms with Crippen molar-refractivity contribution in [1.82, 2.24) is 15.3 Å². The summed E-state index contributed by atoms with van der Waals surface area (Å²) < 4.78 is 59.2. The van der Waals surface area contributed by atoms with E-state index in [4.69, 9.17) is 42.4 Å². The van der Waals surface area contributed by atoms with E-state index < -0.39 is 30.3 Å². The molecule has 1 aromatic heterocycles. The number of amides is 1. The van der Waals surface area contributed by atoms with E-state index in [1.165, 1.54) is 24.3 Å². The van der Waals surface area contributed by atoms with Gasteiger partial charge in [0.25, 0.3) is 5.91 Å². The molecule has 16 heteroatoms. The molecule has 1 aliphatic heterocycles. The Kier molecular flexibility index (Phi) is 14.8. The first-order chi connectivity index (χ1) is 25.2. The highest BCUT2D eigenvalue weighted by Crippen LogP contribution is 2.41. The third kappa shape index (κ3) is 12.3. The van der Waals surface area contributed by atoms with Gasteiger partial charge in [0, 0.05) is 22.2 Å². The van der Waals surface area contributed by atoms with Gasteiger partial charge in [-0.15, -0.1) is 0 Å². The molecule has 284 valence electrons. The molecule has 0 bridgehead atoms. The minimum Gasteiger partial charge on any atom is -0.480 e. The van der Waals surface area contributed by atoms with Crippen LogP contribution in [0.25, 0.3) is 11.1 Å². The molecule has 53 heavy (non-hydrogen) atoms. The maximum Gasteiger partial charge on any atom is 0.429 e. The maximum absolute atomic E-state index is 14.4. The molecule has 0 saturated carbocycles. The van der Waals surface area contributed by atoms with Gasteiger partial charge in [-0.2, -0.15) is 18.2 Å². The Hall–Kier alpha value is -4.99. The number of alkyl halides is 3. The summed E-state index contributed by atoms with van der Waals surface area (Å²) in [7, 11) is 0. The fourth-order valence-electron chi connectivity index (χ4n) is 5.76. The molecule has 1 amide bonds. The van der Waals surface area contributed by atoms with Crippen molar-refractivity contribution in [2.24, 2.45) is 11.7 Å². The van der Waals surface area contributed by atoms with Crippen LogP contribution in [0, 0.1) is 5.92 Å². The molecular formula is C37H41ClF3N5O7. The fraction of sp³-hybridized carbons (Fsp3) is 0.378. The van der Waals surface area contributed by atoms with Crippen molar-refractivity contribution >= 4 is 46.5 Å². The number of carbonyl (C=O) groups excluding carboxylic acids is 2. The average Bonchev–Trinajstić information content (AvgIpc) is 3.13. The van der Waals surface area contributed by atoms with Crippen molar-refractivity contribution in [1.29, 1.82) is 0 Å². The standard InChI is InChI=1S/C28H32ClF3N4O4.C9H9NO3/c1-2-39-26(37)22(33)12-16-5-7-17(8-6-16)23-14-24(36-27(34)35-23)40-25(28(30,31)32)20-10-9-19(29)13-21(20)18-4-3-11-38-15-18;11-8(12)6-10-9(13)7-4-2-1-3-5-7/h4,7,9-10,13-14,16,22,25H,2-3,5-6,8,11-12,15,33H2,1H3,(H2,34,35,36);1-5H,6H2,(H,10,13)(H,11,12)/t16?,22-,25+;/m0./s1. The van der Waals surface area contributed by atoms with Gasteiger partial charge in [-0.25, -0.2) is 4.98 Å². The molecule has 3 aromatic rings. The van der Waals surface area contributed by atoms with Gasteiger partial charge in [0.05, 0.1) is 25.5 Å². The molecule has 12 nitrogen and oxygen atoms in total. The number of ether oxygens (including phenoxy) is 3. The number of carboxylic acid groups (broad SMARTS) is 1. The first-order valence-electron chi connectivity index (χ1n) is 16.9. The number of allylic oxidation sites excluding steroid dienone is 2. The topological polar surface area (TPSA) is 189 Å². The Morgan fingerprint density at radius 3 is 2.47 bits per heavy atom. The third-order valence-electron chi connectivity index (χ3n) is 8.27. The molecule has 6 N–H and O–H groups in total. The molecule has 1 unspecified atom stereocenters. The number of aromatic nitrogens is 2. The number of benzene rings is 2. The largest absolute Gasteiger partial charge is 0.480 e. The Labute approximate surface area is 309 Å². The van der Waals surface area contributed by atoms with E-state index in [1.807, 2.05) is 12.2 Å². The van der Waals surface area contributed by atoms with Crippen LogP contribution in [0.4, 0.5) is 19.1 Å². The molecule has 2 aliphatic rings. The molecule has 1 aliphatic carbocycles. The summed E-state index contributed by atoms with van der Waals surface area (Å²) in [6.45, 7) is 2.30. The molecule has 3 atom stereocenters. The second-order valence-electron chi connectivity index (χ2n) is 12.2. The summed E-state index contributed by atoms with van der Waals surface area (Å²) in [5.41, 5.74) is 14.3. The van der Waals surface area contributed by atoms with Crippen molar-refractivity contribution in [3.8, 4) is 5.88 Å². The highest BCUT2D eigenvalue weighted by Gasteiger charge is 2.45. The smallest absolute Gasteiger partial charge is 0.429 e. The lowest BCUT2D eigenvalue weighted by atomic mass is 9.84. The summed E-state index contributed by atoms with van der Waals surface area (Å²) in [6.07, 6.45) is -0.354. The van der Waals surface area contributed by atoms with E-state index in [0.717, 1.165) is 12.0 Å². The molecule has 5 rings (SSSR count). The Morgan fingerprint density at radius 1 is 1.09 bits per heavy atom. The summed E-state index contributed by atoms with van der Waals surface area (Å²) in [5, 5.41) is 10.9. The quantitative estimate of drug-likeness (QED) is 0.155. The van der Waals surface area contributed by atoms with E-state index in [1.54, 1.807) is 37.3 Å². The minimum absolute atomic E-state index is 0.106. The van der Waals surface area contributed by atoms with E-state index in [9.17, 15) is 27.6 Å². The van der Waals surface area contributed by atoms with E-state index in [0.29, 0.717) is 59.7 Å². The first-order valence-corrected chi connectivity index (χ1v) is 17.2. The van der Waals surface area contributed by atoms with E-state index in [2.05, 4.69) is 15.3 Å². The molecule has 0 fully saturated rings. The monoisotopic (exact) mass is 759 g/mol. The van der Waals surface area contributed by atoms with E-state index >= 15 is 0 Å². The number of carboxylic acids is 1. The number of anilines is 1. The van der Waals surface area contributed by atoms with Crippen LogP contribution >= 0.6 is 11.6 Å². The summed E-state index contributed by atoms with van der Waals surface area (Å²) in [5.74, 6) is -2.20. The van der Waals surface area contributed by atoms with Crippen molar-refractivity contribution in [3.05, 3.63) is 94.2 Å². The van der Waals surface area contributed by atoms with Gasteiger partial charge in [-0.1, -0.05) is 48.0 Å². The van der Waals surface area contributed by atoms with Crippen molar-refractivity contribution in [3.63, 3.8) is 0 Å². The molecule has 0 radical (unpaired) electrons. The lowest BCUT2D eigenvalue weighted by Gasteiger charge is -2.26. The van der Waals surface area contributed by atoms with Gasteiger partial charge >= 0.3 is 18.1 Å². The van der Waals surface area contributed by atoms with Crippen molar-refractivity contribution in [2.75, 3.05) is 32.1 Å². The number of rotatable bonds is 12. The van der Waals surface area contributed by atoms with Crippen LogP contribution < -0.4 is 21.5 Å². The van der Waals surface area contributed by atoms with Crippen LogP contribution in [0.15, 0.2) is 66.7 Å². The van der Waals surface area contributed by atoms with Crippen LogP contribution in [0.1, 0.15) is 72.3 Å². The lowest BCUT2D eigenvalue weighted by Crippen LogP contribution is -2.34. The lowest BCUT2D eigenvalue weighted by molar-refractivity contribution is -0.198. The number of hydrogen-bond acceptors (Lipinski definition) is 10. The minimum atomic E-state index is -4.77. The van der Waals surface area contributed by atoms with Gasteiger partial charge in [0.2, 0.25) is 17.9 Å². The highest BCUT2D eigenvalue weighted by atomic mass is 35.5. The first kappa shape index (κ1) is 40.8. The number of carbonyl (C=O) groups is 3. The molecule has 0 saturated heterocycles. The number of halogens is 4. The predicted octanol–water partition coefficient (Wildman–Crippen LogP) is 6.16. The normalized spacial score (nSPS) is 16.8. The van der Waals surface area contributed by atoms with Crippen molar-refractivity contribution in [2.45, 2.75) is 57.3 Å². The number of nitrogens with zero attached hydrogens (tertiary/aromatic N) is 2. The number of nitrogens with two attached hydrogens (primary N) is 2. The number of aliphatic carboxylic acids is 1. The molecule has 2 heterocycles. The molecule has 2 aromatic carbocycles. The van der Waals surface area contributed by atoms with Gasteiger partial charge in [-0.05, 0) is 85.9 Å². The van der Waals surface area contributed by atoms with E-state index in [-0.39, 0.29) is 49.0 Å². The molecule has 0 spiro atoms. The van der Waals surface area contributed by atoms with Gasteiger partial charge in [0.1, 0.15) is 12.6 Å². The van der Waals surface area contributed by atoms with Crippen LogP contribution in [0.5, 0.6) is 5.88 Å². The van der Waals surface area contributed by atoms with Gasteiger partial charge < -0.3 is 36.1 Å². The van der Waals surface area contributed by atoms with Crippen LogP contribution in [0.3, 0.4) is 0 Å². The van der Waals surface area contributed by atoms with Crippen LogP contribution in [-0.2, 0) is 19.1 Å². The van der Waals surface area contributed by atoms with Crippen LogP contribution in [-0.4, -0.2) is 71.5 Å². The second kappa shape index (κ2) is 19.2. The number of nitrogen functional groups attached to an aromatic ring is 1. The zero-order valence-corrected chi connectivity index (χ0v) is 29.7. The molecular weight excluding hydrogens is 719 g/mol. The number of nitrogens with one attached hydrogen (secondary N) is 1. The predicted molar refractivity (Wildman–Crippen MR) is 192 cm³/mol. The maximum atomic E-state index is 14.4. The Bertz CT molecular complexity index is 1810. The summed E-state index contributed by atoms with van der Waals surface area (Å²) in [6, 6.07) is 13.3. The zero-order chi connectivity index (χ0) is 38.5. The van der Waals surface area contributed by atoms with Crippen LogP contribution in [0.2, 0.25) is 5.02 Å². The van der Waals surface area contributed by atoms with Crippen molar-refractivity contribution < 1.29 is 46.9 Å². The second-order valence-corrected chi connectivity index (χ2v) is 12.6. The summed E-state index contributed by atoms with van der Waals surface area (Å²) in [4.78, 5) is 41.3. The fourth-order valence-corrected chi connectivity index (χ4v) is 5.93. The summed E-state index contributed by atoms with van der Waals surface area (Å²) >= 11 is 6.15. The van der Waals surface area contributed by atoms with Gasteiger partial charge in [-0.3, -0.25) is 14.4 Å². The number of hydrogen-bond donors (Lipinski definition) is 4. The Morgan fingerprint density at radius 2 is 1.85 bits per heavy atom. The highest BCUT2D eigenvalue weighted by molar-refractivity contribution is 6.30. The van der Waals surface area contributed by atoms with Gasteiger partial charge in [0.15, 0.2) is 0 Å². The number of esters is 1.